The molecule has 124 valence electrons. The molecule has 3 nitrogen and oxygen atoms in total. The number of halogens is 2. The molecule has 3 aromatic rings. The molecule has 0 aliphatic rings. The number of esters is 1. The van der Waals surface area contributed by atoms with Crippen LogP contribution in [0.2, 0.25) is 5.02 Å². The summed E-state index contributed by atoms with van der Waals surface area (Å²) in [6, 6.07) is 19.3. The maximum atomic E-state index is 12.9. The van der Waals surface area contributed by atoms with Crippen LogP contribution in [0.4, 0.5) is 10.1 Å². The van der Waals surface area contributed by atoms with Gasteiger partial charge in [-0.25, -0.2) is 9.18 Å². The molecular weight excluding hydrogens is 341 g/mol. The first kappa shape index (κ1) is 16.9. The Morgan fingerprint density at radius 1 is 0.920 bits per heavy atom. The van der Waals surface area contributed by atoms with E-state index < -0.39 is 5.97 Å². The van der Waals surface area contributed by atoms with Crippen molar-refractivity contribution in [3.63, 3.8) is 0 Å². The lowest BCUT2D eigenvalue weighted by Crippen LogP contribution is -2.07. The van der Waals surface area contributed by atoms with E-state index in [1.54, 1.807) is 66.9 Å². The highest BCUT2D eigenvalue weighted by atomic mass is 35.5. The Hall–Kier alpha value is -2.98. The first-order valence-electron chi connectivity index (χ1n) is 7.47. The van der Waals surface area contributed by atoms with Crippen LogP contribution in [-0.4, -0.2) is 12.2 Å². The van der Waals surface area contributed by atoms with Crippen molar-refractivity contribution in [2.24, 2.45) is 4.99 Å². The second-order valence-electron chi connectivity index (χ2n) is 5.20. The molecule has 0 bridgehead atoms. The zero-order valence-electron chi connectivity index (χ0n) is 13.0. The molecule has 25 heavy (non-hydrogen) atoms. The second-order valence-corrected chi connectivity index (χ2v) is 5.64. The molecule has 0 aliphatic heterocycles. The van der Waals surface area contributed by atoms with Gasteiger partial charge in [0.25, 0.3) is 0 Å². The minimum atomic E-state index is -0.462. The highest BCUT2D eigenvalue weighted by molar-refractivity contribution is 6.30. The second kappa shape index (κ2) is 7.73. The van der Waals surface area contributed by atoms with E-state index >= 15 is 0 Å². The number of hydrogen-bond acceptors (Lipinski definition) is 3. The quantitative estimate of drug-likeness (QED) is 0.355. The molecule has 0 fully saturated rings. The number of benzene rings is 3. The molecule has 0 unspecified atom stereocenters. The molecule has 3 rings (SSSR count). The predicted octanol–water partition coefficient (Wildman–Crippen LogP) is 5.45. The lowest BCUT2D eigenvalue weighted by molar-refractivity contribution is 0.0735. The standard InChI is InChI=1S/C20H13ClFNO2/c21-16-5-11-19(12-6-16)25-20(24)15-3-9-18(10-4-15)23-13-14-1-7-17(22)8-2-14/h1-13H. The van der Waals surface area contributed by atoms with Gasteiger partial charge in [0.05, 0.1) is 11.3 Å². The summed E-state index contributed by atoms with van der Waals surface area (Å²) in [5, 5.41) is 0.572. The molecule has 0 saturated carbocycles. The number of ether oxygens (including phenoxy) is 1. The van der Waals surface area contributed by atoms with Gasteiger partial charge in [0, 0.05) is 11.2 Å². The maximum Gasteiger partial charge on any atom is 0.343 e. The largest absolute Gasteiger partial charge is 0.423 e. The van der Waals surface area contributed by atoms with E-state index in [9.17, 15) is 9.18 Å². The minimum absolute atomic E-state index is 0.291. The van der Waals surface area contributed by atoms with Crippen LogP contribution in [0.25, 0.3) is 0 Å². The number of nitrogens with zero attached hydrogens (tertiary/aromatic N) is 1. The van der Waals surface area contributed by atoms with Crippen molar-refractivity contribution >= 4 is 29.5 Å². The van der Waals surface area contributed by atoms with Crippen molar-refractivity contribution in [3.05, 3.63) is 94.8 Å². The fourth-order valence-corrected chi connectivity index (χ4v) is 2.18. The summed E-state index contributed by atoms with van der Waals surface area (Å²) in [4.78, 5) is 16.4. The van der Waals surface area contributed by atoms with E-state index in [0.29, 0.717) is 22.0 Å². The average Bonchev–Trinajstić information content (AvgIpc) is 2.63. The predicted molar refractivity (Wildman–Crippen MR) is 96.5 cm³/mol. The smallest absolute Gasteiger partial charge is 0.343 e. The fourth-order valence-electron chi connectivity index (χ4n) is 2.05. The molecule has 0 aliphatic carbocycles. The van der Waals surface area contributed by atoms with Crippen molar-refractivity contribution in [1.29, 1.82) is 0 Å². The van der Waals surface area contributed by atoms with Gasteiger partial charge in [-0.2, -0.15) is 0 Å². The molecule has 0 heterocycles. The average molecular weight is 354 g/mol. The van der Waals surface area contributed by atoms with Gasteiger partial charge in [-0.15, -0.1) is 0 Å². The van der Waals surface area contributed by atoms with E-state index in [-0.39, 0.29) is 5.82 Å². The maximum absolute atomic E-state index is 12.9. The SMILES string of the molecule is O=C(Oc1ccc(Cl)cc1)c1ccc(N=Cc2ccc(F)cc2)cc1. The van der Waals surface area contributed by atoms with E-state index in [4.69, 9.17) is 16.3 Å². The Kier molecular flexibility index (Phi) is 5.21. The Bertz CT molecular complexity index is 888. The van der Waals surface area contributed by atoms with Gasteiger partial charge in [-0.1, -0.05) is 23.7 Å². The normalized spacial score (nSPS) is 10.8. The van der Waals surface area contributed by atoms with Crippen molar-refractivity contribution in [1.82, 2.24) is 0 Å². The van der Waals surface area contributed by atoms with Crippen molar-refractivity contribution in [3.8, 4) is 5.75 Å². The summed E-state index contributed by atoms with van der Waals surface area (Å²) in [5.74, 6) is -0.329. The van der Waals surface area contributed by atoms with E-state index in [2.05, 4.69) is 4.99 Å². The van der Waals surface area contributed by atoms with E-state index in [1.165, 1.54) is 12.1 Å². The third kappa shape index (κ3) is 4.75. The minimum Gasteiger partial charge on any atom is -0.423 e. The third-order valence-corrected chi connectivity index (χ3v) is 3.61. The molecule has 0 radical (unpaired) electrons. The van der Waals surface area contributed by atoms with Gasteiger partial charge < -0.3 is 4.74 Å². The summed E-state index contributed by atoms with van der Waals surface area (Å²) in [6.45, 7) is 0. The van der Waals surface area contributed by atoms with E-state index in [0.717, 1.165) is 5.56 Å². The van der Waals surface area contributed by atoms with Crippen LogP contribution in [0.3, 0.4) is 0 Å². The Morgan fingerprint density at radius 3 is 2.20 bits per heavy atom. The Balaban J connectivity index is 1.66. The molecule has 0 saturated heterocycles. The summed E-state index contributed by atoms with van der Waals surface area (Å²) in [7, 11) is 0. The van der Waals surface area contributed by atoms with Crippen LogP contribution in [0.5, 0.6) is 5.75 Å². The van der Waals surface area contributed by atoms with Gasteiger partial charge in [0.1, 0.15) is 11.6 Å². The van der Waals surface area contributed by atoms with Crippen LogP contribution in [0.1, 0.15) is 15.9 Å². The first-order valence-corrected chi connectivity index (χ1v) is 7.85. The van der Waals surface area contributed by atoms with Gasteiger partial charge >= 0.3 is 5.97 Å². The van der Waals surface area contributed by atoms with Gasteiger partial charge in [-0.3, -0.25) is 4.99 Å². The van der Waals surface area contributed by atoms with Crippen LogP contribution in [0, 0.1) is 5.82 Å². The third-order valence-electron chi connectivity index (χ3n) is 3.36. The molecule has 0 spiro atoms. The van der Waals surface area contributed by atoms with Crippen molar-refractivity contribution in [2.75, 3.05) is 0 Å². The topological polar surface area (TPSA) is 38.7 Å². The lowest BCUT2D eigenvalue weighted by atomic mass is 10.2. The Labute approximate surface area is 149 Å². The molecule has 0 aromatic heterocycles. The lowest BCUT2D eigenvalue weighted by Gasteiger charge is -2.04. The van der Waals surface area contributed by atoms with Crippen LogP contribution < -0.4 is 4.74 Å². The summed E-state index contributed by atoms with van der Waals surface area (Å²) in [5.41, 5.74) is 1.87. The van der Waals surface area contributed by atoms with Gasteiger partial charge in [0.15, 0.2) is 0 Å². The molecule has 5 heteroatoms. The Morgan fingerprint density at radius 2 is 1.56 bits per heavy atom. The number of hydrogen-bond donors (Lipinski definition) is 0. The van der Waals surface area contributed by atoms with Crippen LogP contribution >= 0.6 is 11.6 Å². The summed E-state index contributed by atoms with van der Waals surface area (Å²) >= 11 is 5.79. The number of carbonyl (C=O) groups excluding carboxylic acids is 1. The summed E-state index contributed by atoms with van der Waals surface area (Å²) in [6.07, 6.45) is 1.63. The van der Waals surface area contributed by atoms with Crippen LogP contribution in [-0.2, 0) is 0 Å². The number of rotatable bonds is 4. The highest BCUT2D eigenvalue weighted by Gasteiger charge is 2.08. The highest BCUT2D eigenvalue weighted by Crippen LogP contribution is 2.18. The van der Waals surface area contributed by atoms with Crippen LogP contribution in [0.15, 0.2) is 77.8 Å². The molecule has 0 amide bonds. The molecule has 3 aromatic carbocycles. The molecule has 0 N–H and O–H groups in total. The van der Waals surface area contributed by atoms with Crippen molar-refractivity contribution < 1.29 is 13.9 Å². The first-order chi connectivity index (χ1) is 12.1. The van der Waals surface area contributed by atoms with Gasteiger partial charge in [-0.05, 0) is 66.2 Å². The monoisotopic (exact) mass is 353 g/mol. The zero-order chi connectivity index (χ0) is 17.6. The van der Waals surface area contributed by atoms with Crippen molar-refractivity contribution in [2.45, 2.75) is 0 Å². The van der Waals surface area contributed by atoms with Gasteiger partial charge in [0.2, 0.25) is 0 Å². The molecule has 0 atom stereocenters. The zero-order valence-corrected chi connectivity index (χ0v) is 13.8. The van der Waals surface area contributed by atoms with E-state index in [1.807, 2.05) is 0 Å². The number of aliphatic imine (C=N–C) groups is 1. The fraction of sp³-hybridized carbons (Fsp3) is 0. The number of carbonyl (C=O) groups is 1. The molecular formula is C20H13ClFNO2. The summed E-state index contributed by atoms with van der Waals surface area (Å²) < 4.78 is 18.1.